The van der Waals surface area contributed by atoms with Crippen LogP contribution in [-0.2, 0) is 9.53 Å². The summed E-state index contributed by atoms with van der Waals surface area (Å²) in [5.41, 5.74) is 4.91. The molecule has 23 heavy (non-hydrogen) atoms. The van der Waals surface area contributed by atoms with Gasteiger partial charge in [0.05, 0.1) is 6.54 Å². The molecule has 0 rings (SSSR count). The molecule has 0 aliphatic carbocycles. The minimum atomic E-state index is -0.367. The van der Waals surface area contributed by atoms with Crippen LogP contribution in [0.1, 0.15) is 111 Å². The Bertz CT molecular complexity index is 277. The molecular weight excluding hydrogens is 286 g/mol. The minimum Gasteiger partial charge on any atom is -0.459 e. The van der Waals surface area contributed by atoms with Gasteiger partial charge in [0, 0.05) is 0 Å². The topological polar surface area (TPSA) is 52.3 Å². The monoisotopic (exact) mass is 327 g/mol. The molecule has 3 heteroatoms. The second-order valence-electron chi connectivity index (χ2n) is 7.43. The minimum absolute atomic E-state index is 0.0258. The first kappa shape index (κ1) is 22.4. The molecule has 0 bridgehead atoms. The highest BCUT2D eigenvalue weighted by atomic mass is 16.6. The molecule has 0 atom stereocenters. The summed E-state index contributed by atoms with van der Waals surface area (Å²) in [7, 11) is 0. The molecule has 0 aromatic heterocycles. The second-order valence-corrected chi connectivity index (χ2v) is 7.43. The van der Waals surface area contributed by atoms with E-state index in [1.165, 1.54) is 77.0 Å². The Kier molecular flexibility index (Phi) is 14.6. The van der Waals surface area contributed by atoms with Gasteiger partial charge in [-0.25, -0.2) is 0 Å². The summed E-state index contributed by atoms with van der Waals surface area (Å²) in [6.07, 6.45) is 18.6. The van der Waals surface area contributed by atoms with Crippen LogP contribution >= 0.6 is 0 Å². The van der Waals surface area contributed by atoms with Crippen molar-refractivity contribution in [2.24, 2.45) is 5.73 Å². The average molecular weight is 328 g/mol. The van der Waals surface area contributed by atoms with Crippen LogP contribution in [0.15, 0.2) is 0 Å². The van der Waals surface area contributed by atoms with Gasteiger partial charge >= 0.3 is 5.97 Å². The molecule has 0 amide bonds. The van der Waals surface area contributed by atoms with Crippen molar-refractivity contribution in [1.29, 1.82) is 0 Å². The highest BCUT2D eigenvalue weighted by Crippen LogP contribution is 2.20. The number of hydrogen-bond donors (Lipinski definition) is 1. The van der Waals surface area contributed by atoms with E-state index in [1.807, 2.05) is 13.8 Å². The van der Waals surface area contributed by atoms with Gasteiger partial charge < -0.3 is 10.5 Å². The Hall–Kier alpha value is -0.570. The molecule has 3 nitrogen and oxygen atoms in total. The quantitative estimate of drug-likeness (QED) is 0.290. The first-order valence-corrected chi connectivity index (χ1v) is 9.93. The van der Waals surface area contributed by atoms with Crippen LogP contribution in [0.5, 0.6) is 0 Å². The standard InChI is InChI=1S/C20H41NO2/c1-4-5-6-7-8-9-10-11-12-13-14-15-16-17-20(2,3)23-19(22)18-21/h4-18,21H2,1-3H3. The first-order chi connectivity index (χ1) is 11.0. The molecule has 0 aromatic carbocycles. The molecule has 0 aliphatic heterocycles. The van der Waals surface area contributed by atoms with E-state index < -0.39 is 0 Å². The molecular formula is C20H41NO2. The lowest BCUT2D eigenvalue weighted by atomic mass is 9.99. The molecule has 0 aromatic rings. The molecule has 2 N–H and O–H groups in total. The SMILES string of the molecule is CCCCCCCCCCCCCCCC(C)(C)OC(=O)CN. The molecule has 0 heterocycles. The molecule has 138 valence electrons. The number of esters is 1. The van der Waals surface area contributed by atoms with Crippen molar-refractivity contribution in [2.45, 2.75) is 116 Å². The molecule has 0 saturated carbocycles. The number of rotatable bonds is 16. The molecule has 0 unspecified atom stereocenters. The fraction of sp³-hybridized carbons (Fsp3) is 0.950. The summed E-state index contributed by atoms with van der Waals surface area (Å²) < 4.78 is 5.33. The summed E-state index contributed by atoms with van der Waals surface area (Å²) in [6, 6.07) is 0. The number of carbonyl (C=O) groups is 1. The predicted octanol–water partition coefficient (Wildman–Crippen LogP) is 5.75. The Morgan fingerprint density at radius 1 is 0.783 bits per heavy atom. The zero-order valence-electron chi connectivity index (χ0n) is 16.0. The van der Waals surface area contributed by atoms with Gasteiger partial charge in [0.2, 0.25) is 0 Å². The van der Waals surface area contributed by atoms with Crippen LogP contribution in [0.3, 0.4) is 0 Å². The zero-order chi connectivity index (χ0) is 17.4. The largest absolute Gasteiger partial charge is 0.459 e. The summed E-state index contributed by atoms with van der Waals surface area (Å²) in [5, 5.41) is 0. The van der Waals surface area contributed by atoms with E-state index in [0.717, 1.165) is 12.8 Å². The van der Waals surface area contributed by atoms with E-state index in [-0.39, 0.29) is 18.1 Å². The Morgan fingerprint density at radius 2 is 1.17 bits per heavy atom. The summed E-state index contributed by atoms with van der Waals surface area (Å²) in [6.45, 7) is 6.19. The van der Waals surface area contributed by atoms with Crippen LogP contribution in [0.25, 0.3) is 0 Å². The predicted molar refractivity (Wildman–Crippen MR) is 99.5 cm³/mol. The van der Waals surface area contributed by atoms with Crippen molar-refractivity contribution >= 4 is 5.97 Å². The number of hydrogen-bond acceptors (Lipinski definition) is 3. The van der Waals surface area contributed by atoms with Crippen molar-refractivity contribution in [3.8, 4) is 0 Å². The van der Waals surface area contributed by atoms with Gasteiger partial charge in [-0.05, 0) is 26.7 Å². The fourth-order valence-electron chi connectivity index (χ4n) is 2.97. The maximum atomic E-state index is 11.2. The van der Waals surface area contributed by atoms with E-state index in [9.17, 15) is 4.79 Å². The lowest BCUT2D eigenvalue weighted by Gasteiger charge is -2.24. The Morgan fingerprint density at radius 3 is 1.57 bits per heavy atom. The fourth-order valence-corrected chi connectivity index (χ4v) is 2.97. The third-order valence-corrected chi connectivity index (χ3v) is 4.44. The molecule has 0 aliphatic rings. The van der Waals surface area contributed by atoms with Gasteiger partial charge in [0.1, 0.15) is 5.60 Å². The summed E-state index contributed by atoms with van der Waals surface area (Å²) >= 11 is 0. The van der Waals surface area contributed by atoms with Crippen molar-refractivity contribution in [2.75, 3.05) is 6.54 Å². The van der Waals surface area contributed by atoms with Gasteiger partial charge in [-0.1, -0.05) is 84.0 Å². The van der Waals surface area contributed by atoms with Gasteiger partial charge in [-0.2, -0.15) is 0 Å². The van der Waals surface area contributed by atoms with Crippen LogP contribution in [0.4, 0.5) is 0 Å². The van der Waals surface area contributed by atoms with Gasteiger partial charge in [0.25, 0.3) is 0 Å². The maximum absolute atomic E-state index is 11.2. The van der Waals surface area contributed by atoms with Crippen LogP contribution in [0.2, 0.25) is 0 Å². The highest BCUT2D eigenvalue weighted by Gasteiger charge is 2.21. The molecule has 0 saturated heterocycles. The van der Waals surface area contributed by atoms with Gasteiger partial charge in [0.15, 0.2) is 0 Å². The van der Waals surface area contributed by atoms with Crippen molar-refractivity contribution in [1.82, 2.24) is 0 Å². The number of carbonyl (C=O) groups excluding carboxylic acids is 1. The summed E-state index contributed by atoms with van der Waals surface area (Å²) in [5.74, 6) is -0.301. The third-order valence-electron chi connectivity index (χ3n) is 4.44. The van der Waals surface area contributed by atoms with Crippen LogP contribution < -0.4 is 5.73 Å². The van der Waals surface area contributed by atoms with E-state index in [0.29, 0.717) is 0 Å². The van der Waals surface area contributed by atoms with Crippen LogP contribution in [0, 0.1) is 0 Å². The Balaban J connectivity index is 3.28. The van der Waals surface area contributed by atoms with E-state index in [1.54, 1.807) is 0 Å². The maximum Gasteiger partial charge on any atom is 0.320 e. The third kappa shape index (κ3) is 16.1. The van der Waals surface area contributed by atoms with Crippen LogP contribution in [-0.4, -0.2) is 18.1 Å². The normalized spacial score (nSPS) is 11.7. The number of unbranched alkanes of at least 4 members (excludes halogenated alkanes) is 12. The second kappa shape index (κ2) is 15.0. The van der Waals surface area contributed by atoms with Crippen molar-refractivity contribution in [3.05, 3.63) is 0 Å². The lowest BCUT2D eigenvalue weighted by Crippen LogP contribution is -2.31. The molecule has 0 fully saturated rings. The number of ether oxygens (including phenoxy) is 1. The van der Waals surface area contributed by atoms with Crippen molar-refractivity contribution < 1.29 is 9.53 Å². The summed E-state index contributed by atoms with van der Waals surface area (Å²) in [4.78, 5) is 11.2. The van der Waals surface area contributed by atoms with Crippen molar-refractivity contribution in [3.63, 3.8) is 0 Å². The Labute approximate surface area is 144 Å². The van der Waals surface area contributed by atoms with E-state index >= 15 is 0 Å². The van der Waals surface area contributed by atoms with Gasteiger partial charge in [-0.3, -0.25) is 4.79 Å². The van der Waals surface area contributed by atoms with Gasteiger partial charge in [-0.15, -0.1) is 0 Å². The number of nitrogens with two attached hydrogens (primary N) is 1. The smallest absolute Gasteiger partial charge is 0.320 e. The van der Waals surface area contributed by atoms with E-state index in [4.69, 9.17) is 10.5 Å². The average Bonchev–Trinajstić information content (AvgIpc) is 2.51. The first-order valence-electron chi connectivity index (χ1n) is 9.93. The lowest BCUT2D eigenvalue weighted by molar-refractivity contribution is -0.155. The molecule has 0 radical (unpaired) electrons. The molecule has 0 spiro atoms. The highest BCUT2D eigenvalue weighted by molar-refractivity contribution is 5.71. The van der Waals surface area contributed by atoms with E-state index in [2.05, 4.69) is 6.92 Å². The zero-order valence-corrected chi connectivity index (χ0v) is 16.0.